The molecule has 0 bridgehead atoms. The van der Waals surface area contributed by atoms with Crippen molar-refractivity contribution in [3.05, 3.63) is 35.5 Å². The van der Waals surface area contributed by atoms with Gasteiger partial charge in [-0.25, -0.2) is 4.39 Å². The van der Waals surface area contributed by atoms with Crippen molar-refractivity contribution in [2.24, 2.45) is 23.7 Å². The van der Waals surface area contributed by atoms with E-state index in [0.717, 1.165) is 31.7 Å². The van der Waals surface area contributed by atoms with Crippen LogP contribution in [0.1, 0.15) is 48.4 Å². The molecule has 3 unspecified atom stereocenters. The van der Waals surface area contributed by atoms with E-state index in [4.69, 9.17) is 9.15 Å². The Hall–Kier alpha value is -2.78. The van der Waals surface area contributed by atoms with E-state index in [1.54, 1.807) is 4.90 Å². The first-order valence-electron chi connectivity index (χ1n) is 11.8. The number of halogens is 4. The number of aromatic nitrogens is 1. The molecule has 1 amide bonds. The monoisotopic (exact) mass is 479 g/mol. The SMILES string of the molecule is O=C(Nc1ccc(OC2C[C@@H]3C[C@@H]3C2)c(F)c1)c1nc(N2CC3CCC3C2)oc1CC(F)(F)F. The fraction of sp³-hybridized carbons (Fsp3) is 0.583. The van der Waals surface area contributed by atoms with Gasteiger partial charge in [0.2, 0.25) is 0 Å². The third-order valence-electron chi connectivity index (χ3n) is 7.70. The molecular formula is C24H25F4N3O3. The Bertz CT molecular complexity index is 1100. The molecule has 10 heteroatoms. The Morgan fingerprint density at radius 2 is 1.82 bits per heavy atom. The van der Waals surface area contributed by atoms with Gasteiger partial charge in [-0.2, -0.15) is 18.2 Å². The summed E-state index contributed by atoms with van der Waals surface area (Å²) in [4.78, 5) is 18.8. The maximum absolute atomic E-state index is 14.6. The minimum absolute atomic E-state index is 0.00186. The summed E-state index contributed by atoms with van der Waals surface area (Å²) in [5, 5.41) is 2.45. The van der Waals surface area contributed by atoms with E-state index in [-0.39, 0.29) is 23.6 Å². The van der Waals surface area contributed by atoms with Crippen molar-refractivity contribution < 1.29 is 31.5 Å². The molecular weight excluding hydrogens is 454 g/mol. The quantitative estimate of drug-likeness (QED) is 0.578. The highest BCUT2D eigenvalue weighted by atomic mass is 19.4. The van der Waals surface area contributed by atoms with Gasteiger partial charge in [0.1, 0.15) is 12.2 Å². The standard InChI is InChI=1S/C24H25F4N3O3/c25-18-8-16(3-4-19(18)33-17-6-14-5-15(14)7-17)29-22(32)21-20(9-24(26,27)28)34-23(30-21)31-10-12-1-2-13(12)11-31/h3-4,8,12-15,17H,1-2,5-7,9-11H2,(H,29,32)/t12?,13?,14-,15+,17?. The summed E-state index contributed by atoms with van der Waals surface area (Å²) in [6.07, 6.45) is -0.731. The molecule has 1 N–H and O–H groups in total. The van der Waals surface area contributed by atoms with Crippen LogP contribution in [0.4, 0.5) is 29.3 Å². The van der Waals surface area contributed by atoms with Gasteiger partial charge in [0, 0.05) is 24.8 Å². The number of oxazole rings is 1. The lowest BCUT2D eigenvalue weighted by Gasteiger charge is -2.27. The van der Waals surface area contributed by atoms with Crippen LogP contribution in [0, 0.1) is 29.5 Å². The average Bonchev–Trinajstić information content (AvgIpc) is 3.05. The molecule has 6 nitrogen and oxygen atoms in total. The summed E-state index contributed by atoms with van der Waals surface area (Å²) in [6, 6.07) is 4.03. The van der Waals surface area contributed by atoms with Gasteiger partial charge in [-0.1, -0.05) is 0 Å². The van der Waals surface area contributed by atoms with Crippen LogP contribution in [-0.2, 0) is 6.42 Å². The van der Waals surface area contributed by atoms with E-state index in [0.29, 0.717) is 36.8 Å². The molecule has 0 radical (unpaired) electrons. The van der Waals surface area contributed by atoms with E-state index in [9.17, 15) is 22.4 Å². The summed E-state index contributed by atoms with van der Waals surface area (Å²) in [5.41, 5.74) is -0.330. The number of nitrogens with one attached hydrogen (secondary N) is 1. The molecule has 3 aliphatic carbocycles. The van der Waals surface area contributed by atoms with Crippen LogP contribution in [0.25, 0.3) is 0 Å². The Morgan fingerprint density at radius 3 is 2.44 bits per heavy atom. The fourth-order valence-corrected chi connectivity index (χ4v) is 5.67. The van der Waals surface area contributed by atoms with Gasteiger partial charge in [0.05, 0.1) is 6.10 Å². The van der Waals surface area contributed by atoms with Crippen LogP contribution in [-0.4, -0.2) is 36.3 Å². The first-order chi connectivity index (χ1) is 16.2. The molecule has 2 aromatic rings. The number of nitrogens with zero attached hydrogens (tertiary/aromatic N) is 2. The highest BCUT2D eigenvalue weighted by Crippen LogP contribution is 2.52. The Labute approximate surface area is 193 Å². The largest absolute Gasteiger partial charge is 0.487 e. The summed E-state index contributed by atoms with van der Waals surface area (Å²) >= 11 is 0. The number of carbonyl (C=O) groups excluding carboxylic acids is 1. The summed E-state index contributed by atoms with van der Waals surface area (Å²) in [5.74, 6) is 0.431. The number of rotatable bonds is 6. The number of alkyl halides is 3. The van der Waals surface area contributed by atoms with Crippen molar-refractivity contribution in [3.63, 3.8) is 0 Å². The molecule has 1 aromatic carbocycles. The minimum Gasteiger partial charge on any atom is -0.487 e. The minimum atomic E-state index is -4.57. The lowest BCUT2D eigenvalue weighted by atomic mass is 9.77. The van der Waals surface area contributed by atoms with Gasteiger partial charge < -0.3 is 19.4 Å². The zero-order valence-corrected chi connectivity index (χ0v) is 18.4. The molecule has 2 heterocycles. The predicted molar refractivity (Wildman–Crippen MR) is 114 cm³/mol. The highest BCUT2D eigenvalue weighted by Gasteiger charge is 2.47. The maximum atomic E-state index is 14.6. The maximum Gasteiger partial charge on any atom is 0.396 e. The normalized spacial score (nSPS) is 29.4. The van der Waals surface area contributed by atoms with E-state index < -0.39 is 35.8 Å². The van der Waals surface area contributed by atoms with Crippen molar-refractivity contribution in [2.75, 3.05) is 23.3 Å². The van der Waals surface area contributed by atoms with E-state index in [2.05, 4.69) is 10.3 Å². The second-order valence-corrected chi connectivity index (χ2v) is 10.1. The Balaban J connectivity index is 1.17. The lowest BCUT2D eigenvalue weighted by Crippen LogP contribution is -2.22. The van der Waals surface area contributed by atoms with Gasteiger partial charge in [-0.15, -0.1) is 0 Å². The van der Waals surface area contributed by atoms with Crippen molar-refractivity contribution in [1.29, 1.82) is 0 Å². The molecule has 3 saturated carbocycles. The number of carbonyl (C=O) groups is 1. The number of fused-ring (bicyclic) bond motifs is 2. The second-order valence-electron chi connectivity index (χ2n) is 10.1. The van der Waals surface area contributed by atoms with Crippen LogP contribution in [0.5, 0.6) is 5.75 Å². The summed E-state index contributed by atoms with van der Waals surface area (Å²) < 4.78 is 65.2. The highest BCUT2D eigenvalue weighted by molar-refractivity contribution is 6.03. The third kappa shape index (κ3) is 4.22. The zero-order chi connectivity index (χ0) is 23.6. The average molecular weight is 479 g/mol. The van der Waals surface area contributed by atoms with E-state index in [1.165, 1.54) is 18.6 Å². The Kier molecular flexibility index (Phi) is 5.04. The predicted octanol–water partition coefficient (Wildman–Crippen LogP) is 5.19. The van der Waals surface area contributed by atoms with Crippen molar-refractivity contribution in [1.82, 2.24) is 4.98 Å². The molecule has 182 valence electrons. The van der Waals surface area contributed by atoms with Gasteiger partial charge in [-0.3, -0.25) is 4.79 Å². The van der Waals surface area contributed by atoms with Crippen LogP contribution in [0.2, 0.25) is 0 Å². The Morgan fingerprint density at radius 1 is 1.12 bits per heavy atom. The lowest BCUT2D eigenvalue weighted by molar-refractivity contribution is -0.130. The smallest absolute Gasteiger partial charge is 0.396 e. The number of benzene rings is 1. The summed E-state index contributed by atoms with van der Waals surface area (Å²) in [7, 11) is 0. The first kappa shape index (κ1) is 21.7. The van der Waals surface area contributed by atoms with Crippen LogP contribution in [0.15, 0.2) is 22.6 Å². The van der Waals surface area contributed by atoms with Gasteiger partial charge in [0.15, 0.2) is 17.3 Å². The molecule has 5 atom stereocenters. The number of hydrogen-bond donors (Lipinski definition) is 1. The molecule has 6 rings (SSSR count). The van der Waals surface area contributed by atoms with Crippen molar-refractivity contribution in [2.45, 2.75) is 50.8 Å². The van der Waals surface area contributed by atoms with Crippen LogP contribution in [0.3, 0.4) is 0 Å². The number of ether oxygens (including phenoxy) is 1. The van der Waals surface area contributed by atoms with Crippen LogP contribution < -0.4 is 15.0 Å². The van der Waals surface area contributed by atoms with Gasteiger partial charge in [-0.05, 0) is 67.9 Å². The first-order valence-corrected chi connectivity index (χ1v) is 11.8. The number of hydrogen-bond acceptors (Lipinski definition) is 5. The van der Waals surface area contributed by atoms with Gasteiger partial charge in [0.25, 0.3) is 11.9 Å². The van der Waals surface area contributed by atoms with E-state index in [1.807, 2.05) is 0 Å². The molecule has 1 aliphatic heterocycles. The molecule has 4 aliphatic rings. The fourth-order valence-electron chi connectivity index (χ4n) is 5.67. The number of amides is 1. The van der Waals surface area contributed by atoms with Crippen molar-refractivity contribution in [3.8, 4) is 5.75 Å². The van der Waals surface area contributed by atoms with E-state index >= 15 is 0 Å². The third-order valence-corrected chi connectivity index (χ3v) is 7.70. The molecule has 1 aromatic heterocycles. The van der Waals surface area contributed by atoms with Crippen LogP contribution >= 0.6 is 0 Å². The summed E-state index contributed by atoms with van der Waals surface area (Å²) in [6.45, 7) is 1.32. The molecule has 0 spiro atoms. The topological polar surface area (TPSA) is 67.6 Å². The number of anilines is 2. The molecule has 34 heavy (non-hydrogen) atoms. The van der Waals surface area contributed by atoms with Gasteiger partial charge >= 0.3 is 6.18 Å². The van der Waals surface area contributed by atoms with Crippen molar-refractivity contribution >= 4 is 17.6 Å². The zero-order valence-electron chi connectivity index (χ0n) is 18.4. The molecule has 4 fully saturated rings. The second kappa shape index (κ2) is 7.88. The molecule has 1 saturated heterocycles.